The van der Waals surface area contributed by atoms with E-state index in [1.165, 1.54) is 0 Å². The van der Waals surface area contributed by atoms with Gasteiger partial charge in [-0.2, -0.15) is 0 Å². The molecule has 0 fully saturated rings. The van der Waals surface area contributed by atoms with Crippen molar-refractivity contribution in [2.75, 3.05) is 0 Å². The van der Waals surface area contributed by atoms with Gasteiger partial charge in [0.05, 0.1) is 6.42 Å². The van der Waals surface area contributed by atoms with E-state index in [4.69, 9.17) is 25.5 Å². The van der Waals surface area contributed by atoms with Crippen molar-refractivity contribution in [1.29, 1.82) is 0 Å². The maximum Gasteiger partial charge on any atom is 0.318 e. The Balaban J connectivity index is 0. The molecule has 0 aliphatic carbocycles. The van der Waals surface area contributed by atoms with Crippen LogP contribution in [0, 0.1) is 5.92 Å². The number of aliphatic hydroxyl groups excluding tert-OH is 2. The van der Waals surface area contributed by atoms with Crippen LogP contribution in [0.1, 0.15) is 20.3 Å². The lowest BCUT2D eigenvalue weighted by Crippen LogP contribution is -2.33. The van der Waals surface area contributed by atoms with Gasteiger partial charge in [-0.05, 0) is 13.8 Å². The molecule has 6 N–H and O–H groups in total. The number of carbonyl (C=O) groups is 3. The summed E-state index contributed by atoms with van der Waals surface area (Å²) in [4.78, 5) is 30.0. The van der Waals surface area contributed by atoms with Gasteiger partial charge in [0, 0.05) is 0 Å². The lowest BCUT2D eigenvalue weighted by Gasteiger charge is -2.08. The van der Waals surface area contributed by atoms with Gasteiger partial charge in [-0.1, -0.05) is 0 Å². The Morgan fingerprint density at radius 2 is 1.28 bits per heavy atom. The zero-order valence-corrected chi connectivity index (χ0v) is 9.90. The summed E-state index contributed by atoms with van der Waals surface area (Å²) in [5, 5.41) is 43.7. The first-order chi connectivity index (χ1) is 8.07. The lowest BCUT2D eigenvalue weighted by molar-refractivity contribution is -0.159. The van der Waals surface area contributed by atoms with Gasteiger partial charge in [-0.15, -0.1) is 0 Å². The van der Waals surface area contributed by atoms with Crippen LogP contribution in [0.2, 0.25) is 0 Å². The Morgan fingerprint density at radius 1 is 0.944 bits per heavy atom. The van der Waals surface area contributed by atoms with Crippen LogP contribution in [0.25, 0.3) is 0 Å². The zero-order valence-electron chi connectivity index (χ0n) is 9.90. The number of nitrogens with one attached hydrogen (secondary N) is 1. The van der Waals surface area contributed by atoms with Crippen LogP contribution in [0.4, 0.5) is 0 Å². The molecule has 0 aliphatic rings. The quantitative estimate of drug-likeness (QED) is 0.248. The molecular weight excluding hydrogens is 250 g/mol. The first-order valence-electron chi connectivity index (χ1n) is 4.87. The number of rotatable bonds is 6. The molecule has 18 heavy (non-hydrogen) atoms. The van der Waals surface area contributed by atoms with Crippen LogP contribution in [0.15, 0.2) is 0 Å². The molecule has 0 heterocycles. The Morgan fingerprint density at radius 3 is 1.33 bits per heavy atom. The number of aliphatic hydroxyl groups is 2. The van der Waals surface area contributed by atoms with E-state index in [1.54, 1.807) is 13.8 Å². The molecule has 2 unspecified atom stereocenters. The van der Waals surface area contributed by atoms with Crippen LogP contribution < -0.4 is 5.32 Å². The summed E-state index contributed by atoms with van der Waals surface area (Å²) in [5.74, 6) is -6.58. The highest BCUT2D eigenvalue weighted by Gasteiger charge is 2.28. The molecule has 0 aromatic rings. The average Bonchev–Trinajstić information content (AvgIpc) is 2.11. The summed E-state index contributed by atoms with van der Waals surface area (Å²) in [6.07, 6.45) is -2.15. The molecule has 0 radical (unpaired) electrons. The number of aliphatic carboxylic acids is 3. The molecule has 0 aromatic heterocycles. The van der Waals surface area contributed by atoms with Gasteiger partial charge in [0.25, 0.3) is 0 Å². The van der Waals surface area contributed by atoms with E-state index in [1.807, 2.05) is 0 Å². The fourth-order valence-electron chi connectivity index (χ4n) is 0.804. The molecule has 0 aliphatic heterocycles. The summed E-state index contributed by atoms with van der Waals surface area (Å²) in [6, 6.07) is 0. The first kappa shape index (κ1) is 18.6. The monoisotopic (exact) mass is 267 g/mol. The topological polar surface area (TPSA) is 164 Å². The summed E-state index contributed by atoms with van der Waals surface area (Å²) < 4.78 is 0. The normalized spacial score (nSPS) is 13.2. The Kier molecular flexibility index (Phi) is 9.67. The smallest absolute Gasteiger partial charge is 0.318 e. The predicted octanol–water partition coefficient (Wildman–Crippen LogP) is -1.50. The lowest BCUT2D eigenvalue weighted by atomic mass is 10.1. The van der Waals surface area contributed by atoms with Gasteiger partial charge >= 0.3 is 17.9 Å². The van der Waals surface area contributed by atoms with E-state index in [0.29, 0.717) is 0 Å². The summed E-state index contributed by atoms with van der Waals surface area (Å²) >= 11 is 0. The van der Waals surface area contributed by atoms with Crippen molar-refractivity contribution in [2.45, 2.75) is 32.7 Å². The van der Waals surface area contributed by atoms with Crippen LogP contribution in [0.3, 0.4) is 0 Å². The molecule has 0 bridgehead atoms. The molecule has 9 heteroatoms. The Labute approximate surface area is 103 Å². The number of hydrogen-bond donors (Lipinski definition) is 6. The van der Waals surface area contributed by atoms with Crippen molar-refractivity contribution in [3.05, 3.63) is 0 Å². The Hall–Kier alpha value is -1.71. The van der Waals surface area contributed by atoms with Crippen molar-refractivity contribution in [3.63, 3.8) is 0 Å². The second-order valence-corrected chi connectivity index (χ2v) is 3.35. The van der Waals surface area contributed by atoms with Crippen molar-refractivity contribution >= 4 is 17.9 Å². The van der Waals surface area contributed by atoms with Crippen molar-refractivity contribution in [2.24, 2.45) is 5.92 Å². The third kappa shape index (κ3) is 12.4. The third-order valence-electron chi connectivity index (χ3n) is 1.46. The van der Waals surface area contributed by atoms with E-state index in [2.05, 4.69) is 5.32 Å². The van der Waals surface area contributed by atoms with E-state index in [0.717, 1.165) is 0 Å². The minimum atomic E-state index is -1.85. The molecular formula is C9H17NO8. The minimum absolute atomic E-state index is 0.625. The first-order valence-corrected chi connectivity index (χ1v) is 4.87. The highest BCUT2D eigenvalue weighted by atomic mass is 16.4. The second kappa shape index (κ2) is 9.33. The molecule has 0 amide bonds. The van der Waals surface area contributed by atoms with E-state index in [-0.39, 0.29) is 0 Å². The van der Waals surface area contributed by atoms with Gasteiger partial charge in [-0.25, -0.2) is 0 Å². The van der Waals surface area contributed by atoms with Gasteiger partial charge in [0.2, 0.25) is 0 Å². The summed E-state index contributed by atoms with van der Waals surface area (Å²) in [6.45, 7) is 3.10. The van der Waals surface area contributed by atoms with Crippen LogP contribution in [0.5, 0.6) is 0 Å². The zero-order chi connectivity index (χ0) is 14.9. The van der Waals surface area contributed by atoms with Crippen molar-refractivity contribution in [3.8, 4) is 0 Å². The fourth-order valence-corrected chi connectivity index (χ4v) is 0.804. The minimum Gasteiger partial charge on any atom is -0.481 e. The van der Waals surface area contributed by atoms with E-state index >= 15 is 0 Å². The molecule has 0 aromatic carbocycles. The molecule has 2 atom stereocenters. The third-order valence-corrected chi connectivity index (χ3v) is 1.46. The largest absolute Gasteiger partial charge is 0.481 e. The van der Waals surface area contributed by atoms with Crippen LogP contribution in [-0.4, -0.2) is 55.9 Å². The highest BCUT2D eigenvalue weighted by Crippen LogP contribution is 2.02. The fraction of sp³-hybridized carbons (Fsp3) is 0.667. The second-order valence-electron chi connectivity index (χ2n) is 3.35. The van der Waals surface area contributed by atoms with Crippen LogP contribution in [-0.2, 0) is 14.4 Å². The van der Waals surface area contributed by atoms with Crippen molar-refractivity contribution < 1.29 is 39.9 Å². The maximum absolute atomic E-state index is 10.0. The Bertz CT molecular complexity index is 268. The number of carboxylic acid groups (broad SMARTS) is 3. The SMILES string of the molecule is CC(O)NC(C)O.O=C(O)CC(C(=O)O)C(=O)O. The highest BCUT2D eigenvalue weighted by molar-refractivity contribution is 5.96. The number of carboxylic acids is 3. The molecule has 106 valence electrons. The van der Waals surface area contributed by atoms with Gasteiger partial charge in [-0.3, -0.25) is 19.7 Å². The number of hydrogen-bond acceptors (Lipinski definition) is 6. The molecule has 0 saturated heterocycles. The summed E-state index contributed by atoms with van der Waals surface area (Å²) in [7, 11) is 0. The molecule has 0 spiro atoms. The van der Waals surface area contributed by atoms with Gasteiger partial charge in [0.15, 0.2) is 5.92 Å². The molecule has 9 nitrogen and oxygen atoms in total. The van der Waals surface area contributed by atoms with Gasteiger partial charge < -0.3 is 25.5 Å². The predicted molar refractivity (Wildman–Crippen MR) is 57.5 cm³/mol. The van der Waals surface area contributed by atoms with Gasteiger partial charge in [0.1, 0.15) is 12.5 Å². The van der Waals surface area contributed by atoms with Crippen LogP contribution >= 0.6 is 0 Å². The van der Waals surface area contributed by atoms with E-state index < -0.39 is 42.7 Å². The van der Waals surface area contributed by atoms with Crippen molar-refractivity contribution in [1.82, 2.24) is 5.32 Å². The summed E-state index contributed by atoms with van der Waals surface area (Å²) in [5.41, 5.74) is 0. The molecule has 0 saturated carbocycles. The molecule has 0 rings (SSSR count). The van der Waals surface area contributed by atoms with E-state index in [9.17, 15) is 14.4 Å². The average molecular weight is 267 g/mol. The standard InChI is InChI=1S/C5H6O6.C4H11NO2/c6-3(7)1-2(4(8)9)5(10)11;1-3(6)5-4(2)7/h2H,1H2,(H,6,7)(H,8,9)(H,10,11);3-7H,1-2H3. The maximum atomic E-state index is 10.0.